The van der Waals surface area contributed by atoms with Crippen LogP contribution in [-0.4, -0.2) is 35.3 Å². The third-order valence-electron chi connectivity index (χ3n) is 2.91. The van der Waals surface area contributed by atoms with Crippen LogP contribution in [0, 0.1) is 6.92 Å². The molecule has 23 heavy (non-hydrogen) atoms. The summed E-state index contributed by atoms with van der Waals surface area (Å²) in [6.07, 6.45) is 2.31. The molecule has 0 aliphatic carbocycles. The van der Waals surface area contributed by atoms with Crippen LogP contribution in [-0.2, 0) is 9.53 Å². The maximum Gasteiger partial charge on any atom is 0.339 e. The van der Waals surface area contributed by atoms with Gasteiger partial charge in [0.05, 0.1) is 20.5 Å². The fraction of sp³-hybridized carbons (Fsp3) is 0.188. The summed E-state index contributed by atoms with van der Waals surface area (Å²) in [6, 6.07) is 7.29. The minimum Gasteiger partial charge on any atom is -0.503 e. The van der Waals surface area contributed by atoms with Crippen LogP contribution < -0.4 is 9.47 Å². The van der Waals surface area contributed by atoms with E-state index >= 15 is 0 Å². The van der Waals surface area contributed by atoms with Crippen molar-refractivity contribution in [2.24, 2.45) is 0 Å². The Morgan fingerprint density at radius 2 is 1.96 bits per heavy atom. The molecule has 120 valence electrons. The van der Waals surface area contributed by atoms with Crippen molar-refractivity contribution in [3.63, 3.8) is 0 Å². The van der Waals surface area contributed by atoms with Crippen LogP contribution in [0.2, 0.25) is 0 Å². The van der Waals surface area contributed by atoms with Gasteiger partial charge in [0.15, 0.2) is 0 Å². The molecule has 7 heteroatoms. The normalized spacial score (nSPS) is 11.0. The Bertz CT molecular complexity index is 743. The molecule has 2 aromatic rings. The molecule has 0 aliphatic heterocycles. The molecule has 0 saturated heterocycles. The number of benzene rings is 1. The lowest BCUT2D eigenvalue weighted by atomic mass is 10.1. The topological polar surface area (TPSA) is 90.8 Å². The first-order valence-electron chi connectivity index (χ1n) is 6.67. The van der Waals surface area contributed by atoms with Crippen LogP contribution in [0.15, 0.2) is 36.9 Å². The Morgan fingerprint density at radius 1 is 1.22 bits per heavy atom. The minimum absolute atomic E-state index is 0.0631. The second-order valence-corrected chi connectivity index (χ2v) is 4.55. The Morgan fingerprint density at radius 3 is 2.57 bits per heavy atom. The molecule has 0 amide bonds. The summed E-state index contributed by atoms with van der Waals surface area (Å²) in [5.74, 6) is -0.551. The highest BCUT2D eigenvalue weighted by Crippen LogP contribution is 2.34. The first-order chi connectivity index (χ1) is 11.1. The molecule has 2 rings (SSSR count). The Labute approximate surface area is 133 Å². The summed E-state index contributed by atoms with van der Waals surface area (Å²) in [5, 5.41) is 9.40. The van der Waals surface area contributed by atoms with E-state index < -0.39 is 5.97 Å². The predicted octanol–water partition coefficient (Wildman–Crippen LogP) is 2.66. The smallest absolute Gasteiger partial charge is 0.339 e. The van der Waals surface area contributed by atoms with Crippen molar-refractivity contribution in [1.29, 1.82) is 0 Å². The standard InChI is InChI=1S/C16H16N2O5/c1-10-5-4-6-11(7-10)23-15-13(12(8-21-2)16(19)20)14(22-3)17-9-18-15/h4-9H,1-3H3,(H,19,20)/b12-8-. The van der Waals surface area contributed by atoms with E-state index in [-0.39, 0.29) is 22.9 Å². The maximum absolute atomic E-state index is 11.5. The zero-order valence-corrected chi connectivity index (χ0v) is 12.9. The molecular formula is C16H16N2O5. The zero-order valence-electron chi connectivity index (χ0n) is 12.9. The number of ether oxygens (including phenoxy) is 3. The second-order valence-electron chi connectivity index (χ2n) is 4.55. The third-order valence-corrected chi connectivity index (χ3v) is 2.91. The minimum atomic E-state index is -1.21. The molecule has 1 heterocycles. The predicted molar refractivity (Wildman–Crippen MR) is 82.5 cm³/mol. The largest absolute Gasteiger partial charge is 0.503 e. The SMILES string of the molecule is CO/C=C(\C(=O)O)c1c(OC)ncnc1Oc1cccc(C)c1. The van der Waals surface area contributed by atoms with E-state index in [9.17, 15) is 9.90 Å². The molecule has 0 bridgehead atoms. The van der Waals surface area contributed by atoms with Crippen molar-refractivity contribution >= 4 is 11.5 Å². The highest BCUT2D eigenvalue weighted by Gasteiger charge is 2.24. The quantitative estimate of drug-likeness (QED) is 0.647. The van der Waals surface area contributed by atoms with Gasteiger partial charge in [-0.2, -0.15) is 0 Å². The van der Waals surface area contributed by atoms with Gasteiger partial charge in [0, 0.05) is 0 Å². The van der Waals surface area contributed by atoms with Gasteiger partial charge < -0.3 is 19.3 Å². The van der Waals surface area contributed by atoms with Crippen molar-refractivity contribution in [2.45, 2.75) is 6.92 Å². The number of carboxylic acid groups (broad SMARTS) is 1. The van der Waals surface area contributed by atoms with E-state index in [4.69, 9.17) is 14.2 Å². The Hall–Kier alpha value is -3.09. The summed E-state index contributed by atoms with van der Waals surface area (Å²) < 4.78 is 15.7. The molecule has 0 aliphatic rings. The van der Waals surface area contributed by atoms with Crippen molar-refractivity contribution < 1.29 is 24.1 Å². The van der Waals surface area contributed by atoms with E-state index in [1.165, 1.54) is 20.5 Å². The first kappa shape index (κ1) is 16.3. The Balaban J connectivity index is 2.55. The lowest BCUT2D eigenvalue weighted by molar-refractivity contribution is -0.130. The van der Waals surface area contributed by atoms with Crippen LogP contribution in [0.1, 0.15) is 11.1 Å². The fourth-order valence-corrected chi connectivity index (χ4v) is 1.94. The monoisotopic (exact) mass is 316 g/mol. The highest BCUT2D eigenvalue weighted by molar-refractivity contribution is 6.16. The summed E-state index contributed by atoms with van der Waals surface area (Å²) in [5.41, 5.74) is 0.925. The van der Waals surface area contributed by atoms with E-state index in [0.717, 1.165) is 11.8 Å². The van der Waals surface area contributed by atoms with Gasteiger partial charge in [-0.05, 0) is 24.6 Å². The molecule has 0 spiro atoms. The molecule has 1 aromatic heterocycles. The lowest BCUT2D eigenvalue weighted by Crippen LogP contribution is -2.07. The number of nitrogens with zero attached hydrogens (tertiary/aromatic N) is 2. The van der Waals surface area contributed by atoms with Crippen molar-refractivity contribution in [3.8, 4) is 17.5 Å². The number of methoxy groups -OCH3 is 2. The molecule has 0 radical (unpaired) electrons. The van der Waals surface area contributed by atoms with E-state index in [1.807, 2.05) is 19.1 Å². The van der Waals surface area contributed by atoms with Gasteiger partial charge >= 0.3 is 5.97 Å². The van der Waals surface area contributed by atoms with Crippen LogP contribution in [0.3, 0.4) is 0 Å². The molecule has 1 aromatic carbocycles. The van der Waals surface area contributed by atoms with Crippen molar-refractivity contribution in [3.05, 3.63) is 48.0 Å². The summed E-state index contributed by atoms with van der Waals surface area (Å²) in [6.45, 7) is 1.92. The van der Waals surface area contributed by atoms with Crippen molar-refractivity contribution in [1.82, 2.24) is 9.97 Å². The lowest BCUT2D eigenvalue weighted by Gasteiger charge is -2.13. The molecule has 0 unspecified atom stereocenters. The molecule has 0 fully saturated rings. The van der Waals surface area contributed by atoms with Crippen LogP contribution in [0.4, 0.5) is 0 Å². The Kier molecular flexibility index (Phi) is 5.14. The number of aryl methyl sites for hydroxylation is 1. The van der Waals surface area contributed by atoms with Gasteiger partial charge in [0.1, 0.15) is 23.2 Å². The number of hydrogen-bond donors (Lipinski definition) is 1. The van der Waals surface area contributed by atoms with E-state index in [1.54, 1.807) is 12.1 Å². The number of hydrogen-bond acceptors (Lipinski definition) is 6. The van der Waals surface area contributed by atoms with E-state index in [0.29, 0.717) is 5.75 Å². The molecule has 0 saturated carbocycles. The number of aliphatic carboxylic acids is 1. The van der Waals surface area contributed by atoms with Gasteiger partial charge in [0.25, 0.3) is 0 Å². The van der Waals surface area contributed by atoms with Crippen LogP contribution in [0.5, 0.6) is 17.5 Å². The number of rotatable bonds is 6. The maximum atomic E-state index is 11.5. The highest BCUT2D eigenvalue weighted by atomic mass is 16.5. The van der Waals surface area contributed by atoms with Gasteiger partial charge in [0.2, 0.25) is 11.8 Å². The van der Waals surface area contributed by atoms with Crippen LogP contribution in [0.25, 0.3) is 5.57 Å². The average molecular weight is 316 g/mol. The average Bonchev–Trinajstić information content (AvgIpc) is 2.52. The van der Waals surface area contributed by atoms with Crippen LogP contribution >= 0.6 is 0 Å². The number of carboxylic acids is 1. The van der Waals surface area contributed by atoms with Gasteiger partial charge in [-0.3, -0.25) is 0 Å². The fourth-order valence-electron chi connectivity index (χ4n) is 1.94. The zero-order chi connectivity index (χ0) is 16.8. The molecule has 1 N–H and O–H groups in total. The van der Waals surface area contributed by atoms with E-state index in [2.05, 4.69) is 9.97 Å². The number of aromatic nitrogens is 2. The summed E-state index contributed by atoms with van der Waals surface area (Å²) >= 11 is 0. The summed E-state index contributed by atoms with van der Waals surface area (Å²) in [4.78, 5) is 19.5. The molecule has 7 nitrogen and oxygen atoms in total. The van der Waals surface area contributed by atoms with Gasteiger partial charge in [-0.15, -0.1) is 0 Å². The molecule has 0 atom stereocenters. The number of carbonyl (C=O) groups is 1. The molecular weight excluding hydrogens is 300 g/mol. The van der Waals surface area contributed by atoms with Gasteiger partial charge in [-0.1, -0.05) is 12.1 Å². The second kappa shape index (κ2) is 7.26. The summed E-state index contributed by atoms with van der Waals surface area (Å²) in [7, 11) is 2.73. The van der Waals surface area contributed by atoms with Gasteiger partial charge in [-0.25, -0.2) is 14.8 Å². The third kappa shape index (κ3) is 3.76. The van der Waals surface area contributed by atoms with Crippen molar-refractivity contribution in [2.75, 3.05) is 14.2 Å². The first-order valence-corrected chi connectivity index (χ1v) is 6.67.